The molecule has 2 atom stereocenters. The van der Waals surface area contributed by atoms with Crippen molar-refractivity contribution in [3.05, 3.63) is 48.2 Å². The number of carbonyl (C=O) groups is 1. The summed E-state index contributed by atoms with van der Waals surface area (Å²) in [5.41, 5.74) is 2.24. The van der Waals surface area contributed by atoms with Gasteiger partial charge in [-0.1, -0.05) is 18.2 Å². The number of nitrogens with zero attached hydrogens (tertiary/aromatic N) is 3. The van der Waals surface area contributed by atoms with Gasteiger partial charge in [0, 0.05) is 29.8 Å². The zero-order chi connectivity index (χ0) is 18.1. The Morgan fingerprint density at radius 3 is 2.85 bits per heavy atom. The smallest absolute Gasteiger partial charge is 0.233 e. The Morgan fingerprint density at radius 1 is 1.27 bits per heavy atom. The topological polar surface area (TPSA) is 48.5 Å². The molecular formula is C20H24N4OS. The fourth-order valence-corrected chi connectivity index (χ4v) is 4.87. The van der Waals surface area contributed by atoms with E-state index in [2.05, 4.69) is 46.3 Å². The molecule has 0 aliphatic carbocycles. The van der Waals surface area contributed by atoms with Gasteiger partial charge in [0.05, 0.1) is 17.8 Å². The van der Waals surface area contributed by atoms with E-state index in [0.29, 0.717) is 11.9 Å². The molecule has 2 aliphatic rings. The fourth-order valence-electron chi connectivity index (χ4n) is 3.64. The van der Waals surface area contributed by atoms with Crippen LogP contribution in [0.5, 0.6) is 0 Å². The lowest BCUT2D eigenvalue weighted by molar-refractivity contribution is -0.117. The number of thioether (sulfide) groups is 1. The summed E-state index contributed by atoms with van der Waals surface area (Å²) < 4.78 is 0. The van der Waals surface area contributed by atoms with Gasteiger partial charge in [-0.3, -0.25) is 4.79 Å². The molecule has 2 aromatic rings. The maximum absolute atomic E-state index is 12.7. The first-order chi connectivity index (χ1) is 12.6. The average Bonchev–Trinajstić information content (AvgIpc) is 3.30. The number of aromatic nitrogens is 1. The van der Waals surface area contributed by atoms with E-state index in [0.717, 1.165) is 30.1 Å². The van der Waals surface area contributed by atoms with Crippen LogP contribution in [0, 0.1) is 0 Å². The lowest BCUT2D eigenvalue weighted by atomic mass is 10.0. The van der Waals surface area contributed by atoms with Crippen LogP contribution in [-0.4, -0.2) is 54.8 Å². The molecule has 5 nitrogen and oxygen atoms in total. The van der Waals surface area contributed by atoms with Gasteiger partial charge in [-0.25, -0.2) is 4.98 Å². The molecule has 1 N–H and O–H groups in total. The summed E-state index contributed by atoms with van der Waals surface area (Å²) >= 11 is 1.74. The Kier molecular flexibility index (Phi) is 4.87. The normalized spacial score (nSPS) is 21.9. The van der Waals surface area contributed by atoms with Crippen molar-refractivity contribution in [1.82, 2.24) is 9.88 Å². The summed E-state index contributed by atoms with van der Waals surface area (Å²) in [5.74, 6) is 1.34. The minimum Gasteiger partial charge on any atom is -0.369 e. The molecule has 26 heavy (non-hydrogen) atoms. The van der Waals surface area contributed by atoms with Gasteiger partial charge in [-0.2, -0.15) is 0 Å². The molecule has 6 heteroatoms. The highest BCUT2D eigenvalue weighted by molar-refractivity contribution is 7.99. The molecule has 2 unspecified atom stereocenters. The summed E-state index contributed by atoms with van der Waals surface area (Å²) in [6.45, 7) is 2.07. The highest BCUT2D eigenvalue weighted by Gasteiger charge is 2.29. The summed E-state index contributed by atoms with van der Waals surface area (Å²) in [6.07, 6.45) is 3.04. The highest BCUT2D eigenvalue weighted by Crippen LogP contribution is 2.39. The van der Waals surface area contributed by atoms with E-state index in [1.54, 1.807) is 11.8 Å². The van der Waals surface area contributed by atoms with Crippen molar-refractivity contribution >= 4 is 29.2 Å². The van der Waals surface area contributed by atoms with Crippen LogP contribution in [0.2, 0.25) is 0 Å². The molecule has 0 spiro atoms. The van der Waals surface area contributed by atoms with Crippen LogP contribution in [0.3, 0.4) is 0 Å². The van der Waals surface area contributed by atoms with Gasteiger partial charge in [-0.05, 0) is 44.3 Å². The highest BCUT2D eigenvalue weighted by atomic mass is 32.2. The van der Waals surface area contributed by atoms with E-state index in [1.165, 1.54) is 11.3 Å². The Hall–Kier alpha value is -2.05. The van der Waals surface area contributed by atoms with E-state index in [4.69, 9.17) is 0 Å². The van der Waals surface area contributed by atoms with Gasteiger partial charge >= 0.3 is 0 Å². The van der Waals surface area contributed by atoms with Gasteiger partial charge in [0.25, 0.3) is 0 Å². The minimum atomic E-state index is -0.0999. The maximum Gasteiger partial charge on any atom is 0.233 e. The number of carbonyl (C=O) groups excluding carboxylic acids is 1. The van der Waals surface area contributed by atoms with Gasteiger partial charge in [-0.15, -0.1) is 11.8 Å². The predicted molar refractivity (Wildman–Crippen MR) is 107 cm³/mol. The number of hydrogen-bond acceptors (Lipinski definition) is 5. The van der Waals surface area contributed by atoms with Crippen LogP contribution >= 0.6 is 11.8 Å². The summed E-state index contributed by atoms with van der Waals surface area (Å²) in [4.78, 5) is 23.0. The SMILES string of the molecule is CN(C)C1CCN(c2ccc(NC(=O)C3CSc4ccccc43)nc2)C1. The van der Waals surface area contributed by atoms with Gasteiger partial charge < -0.3 is 15.1 Å². The minimum absolute atomic E-state index is 0.0246. The third-order valence-electron chi connectivity index (χ3n) is 5.27. The number of hydrogen-bond donors (Lipinski definition) is 1. The first-order valence-electron chi connectivity index (χ1n) is 9.02. The van der Waals surface area contributed by atoms with Gasteiger partial charge in [0.15, 0.2) is 0 Å². The van der Waals surface area contributed by atoms with E-state index < -0.39 is 0 Å². The number of benzene rings is 1. The summed E-state index contributed by atoms with van der Waals surface area (Å²) in [5, 5.41) is 2.98. The predicted octanol–water partition coefficient (Wildman–Crippen LogP) is 3.05. The van der Waals surface area contributed by atoms with Crippen LogP contribution in [-0.2, 0) is 4.79 Å². The van der Waals surface area contributed by atoms with Crippen molar-refractivity contribution in [2.24, 2.45) is 0 Å². The second kappa shape index (κ2) is 7.29. The first-order valence-corrected chi connectivity index (χ1v) is 10.0. The quantitative estimate of drug-likeness (QED) is 0.899. The molecule has 1 saturated heterocycles. The summed E-state index contributed by atoms with van der Waals surface area (Å²) in [7, 11) is 4.26. The standard InChI is InChI=1S/C20H24N4OS/c1-23(2)15-9-10-24(12-15)14-7-8-19(21-11-14)22-20(25)17-13-26-18-6-4-3-5-16(17)18/h3-8,11,15,17H,9-10,12-13H2,1-2H3,(H,21,22,25). The van der Waals surface area contributed by atoms with E-state index >= 15 is 0 Å². The number of anilines is 2. The van der Waals surface area contributed by atoms with Crippen LogP contribution < -0.4 is 10.2 Å². The van der Waals surface area contributed by atoms with Gasteiger partial charge in [0.2, 0.25) is 5.91 Å². The molecule has 1 aromatic carbocycles. The summed E-state index contributed by atoms with van der Waals surface area (Å²) in [6, 6.07) is 12.7. The fraction of sp³-hybridized carbons (Fsp3) is 0.400. The zero-order valence-corrected chi connectivity index (χ0v) is 16.0. The third kappa shape index (κ3) is 3.44. The zero-order valence-electron chi connectivity index (χ0n) is 15.2. The Balaban J connectivity index is 1.40. The monoisotopic (exact) mass is 368 g/mol. The van der Waals surface area contributed by atoms with Crippen molar-refractivity contribution in [1.29, 1.82) is 0 Å². The van der Waals surface area contributed by atoms with Crippen molar-refractivity contribution in [2.45, 2.75) is 23.3 Å². The molecule has 0 radical (unpaired) electrons. The molecule has 1 fully saturated rings. The van der Waals surface area contributed by atoms with Crippen LogP contribution in [0.15, 0.2) is 47.5 Å². The average molecular weight is 369 g/mol. The second-order valence-electron chi connectivity index (χ2n) is 7.14. The molecule has 1 aromatic heterocycles. The molecule has 0 bridgehead atoms. The molecule has 136 valence electrons. The van der Waals surface area contributed by atoms with Crippen LogP contribution in [0.1, 0.15) is 17.9 Å². The molecule has 4 rings (SSSR count). The lowest BCUT2D eigenvalue weighted by Crippen LogP contribution is -2.31. The van der Waals surface area contributed by atoms with Crippen molar-refractivity contribution in [3.63, 3.8) is 0 Å². The number of fused-ring (bicyclic) bond motifs is 1. The number of nitrogens with one attached hydrogen (secondary N) is 1. The Morgan fingerprint density at radius 2 is 2.12 bits per heavy atom. The number of likely N-dealkylation sites (N-methyl/N-ethyl adjacent to an activating group) is 1. The first kappa shape index (κ1) is 17.4. The molecule has 0 saturated carbocycles. The van der Waals surface area contributed by atoms with Crippen molar-refractivity contribution in [2.75, 3.05) is 43.2 Å². The van der Waals surface area contributed by atoms with E-state index in [1.807, 2.05) is 30.5 Å². The Labute approximate surface area is 158 Å². The lowest BCUT2D eigenvalue weighted by Gasteiger charge is -2.21. The largest absolute Gasteiger partial charge is 0.369 e. The van der Waals surface area contributed by atoms with E-state index in [9.17, 15) is 4.79 Å². The molecule has 2 aliphatic heterocycles. The van der Waals surface area contributed by atoms with E-state index in [-0.39, 0.29) is 11.8 Å². The number of amides is 1. The van der Waals surface area contributed by atoms with Crippen LogP contribution in [0.4, 0.5) is 11.5 Å². The second-order valence-corrected chi connectivity index (χ2v) is 8.21. The van der Waals surface area contributed by atoms with Gasteiger partial charge in [0.1, 0.15) is 5.82 Å². The Bertz CT molecular complexity index is 793. The maximum atomic E-state index is 12.7. The molecule has 3 heterocycles. The number of rotatable bonds is 4. The van der Waals surface area contributed by atoms with Crippen molar-refractivity contribution in [3.8, 4) is 0 Å². The number of pyridine rings is 1. The molecule has 1 amide bonds. The molecular weight excluding hydrogens is 344 g/mol. The van der Waals surface area contributed by atoms with Crippen molar-refractivity contribution < 1.29 is 4.79 Å². The van der Waals surface area contributed by atoms with Crippen LogP contribution in [0.25, 0.3) is 0 Å². The third-order valence-corrected chi connectivity index (χ3v) is 6.46.